The highest BCUT2D eigenvalue weighted by Gasteiger charge is 2.45. The second kappa shape index (κ2) is 11.1. The lowest BCUT2D eigenvalue weighted by molar-refractivity contribution is -0.151. The molecule has 0 unspecified atom stereocenters. The Kier molecular flexibility index (Phi) is 7.90. The largest absolute Gasteiger partial charge is 0.497 e. The van der Waals surface area contributed by atoms with E-state index >= 15 is 0 Å². The number of piperidine rings is 1. The van der Waals surface area contributed by atoms with Gasteiger partial charge in [-0.15, -0.1) is 0 Å². The molecule has 0 aliphatic carbocycles. The number of likely N-dealkylation sites (N-methyl/N-ethyl adjacent to an activating group) is 1. The molecule has 2 aliphatic heterocycles. The summed E-state index contributed by atoms with van der Waals surface area (Å²) < 4.78 is 21.5. The quantitative estimate of drug-likeness (QED) is 0.527. The maximum absolute atomic E-state index is 14.2. The first kappa shape index (κ1) is 26.3. The number of carbonyl (C=O) groups excluding carboxylic acids is 3. The number of carbonyl (C=O) groups is 3. The van der Waals surface area contributed by atoms with Gasteiger partial charge in [0.05, 0.1) is 45.8 Å². The van der Waals surface area contributed by atoms with Gasteiger partial charge in [0.2, 0.25) is 5.91 Å². The zero-order valence-corrected chi connectivity index (χ0v) is 22.0. The molecule has 37 heavy (non-hydrogen) atoms. The molecule has 0 spiro atoms. The highest BCUT2D eigenvalue weighted by Crippen LogP contribution is 2.46. The summed E-state index contributed by atoms with van der Waals surface area (Å²) in [5.41, 5.74) is 1.82. The molecule has 9 heteroatoms. The maximum Gasteiger partial charge on any atom is 0.309 e. The number of methoxy groups -OCH3 is 3. The highest BCUT2D eigenvalue weighted by atomic mass is 16.5. The molecule has 2 aromatic carbocycles. The van der Waals surface area contributed by atoms with Crippen LogP contribution in [0.4, 0.5) is 0 Å². The van der Waals surface area contributed by atoms with Gasteiger partial charge in [0, 0.05) is 25.7 Å². The molecule has 0 radical (unpaired) electrons. The van der Waals surface area contributed by atoms with Gasteiger partial charge in [-0.05, 0) is 55.2 Å². The van der Waals surface area contributed by atoms with Crippen LogP contribution in [0.25, 0.3) is 0 Å². The molecule has 198 valence electrons. The molecular weight excluding hydrogens is 476 g/mol. The number of nitrogens with zero attached hydrogens (tertiary/aromatic N) is 2. The third-order valence-corrected chi connectivity index (χ3v) is 7.32. The molecule has 0 N–H and O–H groups in total. The third kappa shape index (κ3) is 4.95. The molecule has 2 atom stereocenters. The number of esters is 1. The van der Waals surface area contributed by atoms with E-state index in [1.165, 1.54) is 14.2 Å². The van der Waals surface area contributed by atoms with Crippen LogP contribution in [-0.4, -0.2) is 75.7 Å². The van der Waals surface area contributed by atoms with Crippen molar-refractivity contribution in [3.05, 3.63) is 53.1 Å². The van der Waals surface area contributed by atoms with Crippen LogP contribution < -0.4 is 14.2 Å². The summed E-state index contributed by atoms with van der Waals surface area (Å²) >= 11 is 0. The number of hydrogen-bond donors (Lipinski definition) is 0. The van der Waals surface area contributed by atoms with Crippen molar-refractivity contribution >= 4 is 17.8 Å². The number of fused-ring (bicyclic) bond motifs is 1. The Balaban J connectivity index is 1.76. The Morgan fingerprint density at radius 2 is 1.57 bits per heavy atom. The topological polar surface area (TPSA) is 94.6 Å². The van der Waals surface area contributed by atoms with Crippen LogP contribution in [0.2, 0.25) is 0 Å². The predicted molar refractivity (Wildman–Crippen MR) is 136 cm³/mol. The van der Waals surface area contributed by atoms with Gasteiger partial charge in [-0.1, -0.05) is 12.1 Å². The molecule has 2 aliphatic rings. The zero-order chi connectivity index (χ0) is 26.7. The SMILES string of the molecule is CCOC(=O)C1CCN(C(=O)[C@H]2c3cc(OC)c(OC)cc3C(=O)N(C)[C@@H]2c2ccc(OC)cc2)CC1. The van der Waals surface area contributed by atoms with Crippen LogP contribution in [0.3, 0.4) is 0 Å². The second-order valence-electron chi connectivity index (χ2n) is 9.26. The van der Waals surface area contributed by atoms with E-state index in [1.54, 1.807) is 43.0 Å². The van der Waals surface area contributed by atoms with Crippen molar-refractivity contribution in [3.8, 4) is 17.2 Å². The van der Waals surface area contributed by atoms with Crippen molar-refractivity contribution in [1.29, 1.82) is 0 Å². The number of amides is 2. The molecule has 1 fully saturated rings. The minimum atomic E-state index is -0.676. The van der Waals surface area contributed by atoms with Gasteiger partial charge < -0.3 is 28.7 Å². The van der Waals surface area contributed by atoms with Crippen LogP contribution in [0, 0.1) is 5.92 Å². The monoisotopic (exact) mass is 510 g/mol. The van der Waals surface area contributed by atoms with Crippen molar-refractivity contribution in [2.45, 2.75) is 31.7 Å². The number of benzene rings is 2. The summed E-state index contributed by atoms with van der Waals surface area (Å²) in [4.78, 5) is 43.4. The average Bonchev–Trinajstić information content (AvgIpc) is 2.94. The van der Waals surface area contributed by atoms with E-state index < -0.39 is 12.0 Å². The number of likely N-dealkylation sites (tertiary alicyclic amines) is 1. The van der Waals surface area contributed by atoms with Gasteiger partial charge in [0.25, 0.3) is 5.91 Å². The first-order chi connectivity index (χ1) is 17.8. The number of ether oxygens (including phenoxy) is 4. The molecule has 9 nitrogen and oxygen atoms in total. The lowest BCUT2D eigenvalue weighted by atomic mass is 9.78. The van der Waals surface area contributed by atoms with Crippen LogP contribution in [0.5, 0.6) is 17.2 Å². The van der Waals surface area contributed by atoms with Crippen LogP contribution in [-0.2, 0) is 14.3 Å². The molecule has 1 saturated heterocycles. The molecule has 0 bridgehead atoms. The smallest absolute Gasteiger partial charge is 0.309 e. The molecule has 2 heterocycles. The predicted octanol–water partition coefficient (Wildman–Crippen LogP) is 3.42. The summed E-state index contributed by atoms with van der Waals surface area (Å²) in [7, 11) is 6.34. The summed E-state index contributed by atoms with van der Waals surface area (Å²) in [5, 5.41) is 0. The molecule has 2 amide bonds. The number of hydrogen-bond acceptors (Lipinski definition) is 7. The highest BCUT2D eigenvalue weighted by molar-refractivity contribution is 6.02. The van der Waals surface area contributed by atoms with Crippen molar-refractivity contribution < 1.29 is 33.3 Å². The molecular formula is C28H34N2O7. The summed E-state index contributed by atoms with van der Waals surface area (Å²) in [6.07, 6.45) is 1.08. The van der Waals surface area contributed by atoms with E-state index in [4.69, 9.17) is 18.9 Å². The third-order valence-electron chi connectivity index (χ3n) is 7.32. The maximum atomic E-state index is 14.2. The van der Waals surface area contributed by atoms with E-state index in [-0.39, 0.29) is 23.7 Å². The van der Waals surface area contributed by atoms with Gasteiger partial charge in [-0.2, -0.15) is 0 Å². The molecule has 0 saturated carbocycles. The lowest BCUT2D eigenvalue weighted by Crippen LogP contribution is -2.49. The fourth-order valence-electron chi connectivity index (χ4n) is 5.32. The first-order valence-electron chi connectivity index (χ1n) is 12.5. The Bertz CT molecular complexity index is 1160. The summed E-state index contributed by atoms with van der Waals surface area (Å²) in [6.45, 7) is 3.01. The zero-order valence-electron chi connectivity index (χ0n) is 22.0. The fourth-order valence-corrected chi connectivity index (χ4v) is 5.32. The van der Waals surface area contributed by atoms with Crippen molar-refractivity contribution in [1.82, 2.24) is 9.80 Å². The molecule has 0 aromatic heterocycles. The van der Waals surface area contributed by atoms with Crippen LogP contribution in [0.1, 0.15) is 53.2 Å². The normalized spacial score (nSPS) is 19.8. The molecule has 4 rings (SSSR count). The Hall–Kier alpha value is -3.75. The Morgan fingerprint density at radius 3 is 2.14 bits per heavy atom. The van der Waals surface area contributed by atoms with E-state index in [2.05, 4.69) is 0 Å². The van der Waals surface area contributed by atoms with Gasteiger partial charge in [-0.25, -0.2) is 0 Å². The Labute approximate surface area is 217 Å². The van der Waals surface area contributed by atoms with E-state index in [1.807, 2.05) is 24.3 Å². The van der Waals surface area contributed by atoms with E-state index in [0.29, 0.717) is 60.9 Å². The van der Waals surface area contributed by atoms with Gasteiger partial charge in [-0.3, -0.25) is 14.4 Å². The fraction of sp³-hybridized carbons (Fsp3) is 0.464. The minimum Gasteiger partial charge on any atom is -0.497 e. The van der Waals surface area contributed by atoms with Crippen molar-refractivity contribution in [3.63, 3.8) is 0 Å². The standard InChI is InChI=1S/C28H34N2O7/c1-6-37-28(33)18-11-13-30(14-12-18)27(32)24-20-15-22(35-4)23(36-5)16-21(20)26(31)29(2)25(24)17-7-9-19(34-3)10-8-17/h7-10,15-16,18,24-25H,6,11-14H2,1-5H3/t24-,25+/m0/s1. The van der Waals surface area contributed by atoms with Crippen LogP contribution >= 0.6 is 0 Å². The number of rotatable bonds is 7. The lowest BCUT2D eigenvalue weighted by Gasteiger charge is -2.43. The van der Waals surface area contributed by atoms with Crippen LogP contribution in [0.15, 0.2) is 36.4 Å². The second-order valence-corrected chi connectivity index (χ2v) is 9.26. The molecule has 2 aromatic rings. The summed E-state index contributed by atoms with van der Waals surface area (Å²) in [5.74, 6) is 0.148. The average molecular weight is 511 g/mol. The first-order valence-corrected chi connectivity index (χ1v) is 12.5. The van der Waals surface area contributed by atoms with E-state index in [9.17, 15) is 14.4 Å². The summed E-state index contributed by atoms with van der Waals surface area (Å²) in [6, 6.07) is 10.3. The Morgan fingerprint density at radius 1 is 0.946 bits per heavy atom. The van der Waals surface area contributed by atoms with Gasteiger partial charge in [0.1, 0.15) is 5.75 Å². The van der Waals surface area contributed by atoms with Gasteiger partial charge in [0.15, 0.2) is 11.5 Å². The van der Waals surface area contributed by atoms with Crippen molar-refractivity contribution in [2.75, 3.05) is 48.1 Å². The minimum absolute atomic E-state index is 0.101. The van der Waals surface area contributed by atoms with Gasteiger partial charge >= 0.3 is 5.97 Å². The van der Waals surface area contributed by atoms with Crippen molar-refractivity contribution in [2.24, 2.45) is 5.92 Å². The van der Waals surface area contributed by atoms with E-state index in [0.717, 1.165) is 5.56 Å².